The number of H-pyrrole nitrogens is 1. The van der Waals surface area contributed by atoms with Crippen molar-refractivity contribution in [3.63, 3.8) is 0 Å². The molecule has 1 aromatic heterocycles. The second-order valence-electron chi connectivity index (χ2n) is 15.7. The maximum absolute atomic E-state index is 12.9. The third-order valence-electron chi connectivity index (χ3n) is 9.43. The third kappa shape index (κ3) is 8.75. The number of fused-ring (bicyclic) bond motifs is 1. The fourth-order valence-corrected chi connectivity index (χ4v) is 8.18. The Bertz CT molecular complexity index is 1440. The first kappa shape index (κ1) is 34.5. The van der Waals surface area contributed by atoms with Crippen LogP contribution in [0, 0.1) is 17.3 Å². The van der Waals surface area contributed by atoms with Gasteiger partial charge in [0.25, 0.3) is 11.8 Å². The second-order valence-corrected chi connectivity index (χ2v) is 17.7. The summed E-state index contributed by atoms with van der Waals surface area (Å²) < 4.78 is 0.127. The number of piperazine rings is 1. The van der Waals surface area contributed by atoms with Crippen molar-refractivity contribution in [1.82, 2.24) is 25.0 Å². The molecule has 3 amide bonds. The van der Waals surface area contributed by atoms with Crippen molar-refractivity contribution in [3.05, 3.63) is 35.4 Å². The van der Waals surface area contributed by atoms with Gasteiger partial charge in [0.1, 0.15) is 10.5 Å². The van der Waals surface area contributed by atoms with Crippen LogP contribution in [-0.2, 0) is 39.1 Å². The molecule has 2 aromatic rings. The van der Waals surface area contributed by atoms with E-state index in [2.05, 4.69) is 67.7 Å². The van der Waals surface area contributed by atoms with E-state index in [1.807, 2.05) is 6.07 Å². The van der Waals surface area contributed by atoms with Crippen molar-refractivity contribution in [2.45, 2.75) is 90.0 Å². The van der Waals surface area contributed by atoms with Crippen molar-refractivity contribution in [1.29, 1.82) is 0 Å². The largest absolute Gasteiger partial charge is 0.508 e. The van der Waals surface area contributed by atoms with Crippen molar-refractivity contribution >= 4 is 40.4 Å². The van der Waals surface area contributed by atoms with Gasteiger partial charge in [-0.15, -0.1) is 0 Å². The van der Waals surface area contributed by atoms with Crippen LogP contribution < -0.4 is 5.32 Å². The maximum atomic E-state index is 12.9. The molecule has 1 saturated heterocycles. The lowest BCUT2D eigenvalue weighted by Crippen LogP contribution is -2.48. The molecule has 3 aliphatic rings. The van der Waals surface area contributed by atoms with E-state index in [0.717, 1.165) is 75.9 Å². The maximum Gasteiger partial charge on any atom is 0.253 e. The number of thiol groups is 1. The fraction of sp³-hybridized carbons (Fsp3) is 0.639. The Morgan fingerprint density at radius 2 is 1.57 bits per heavy atom. The topological polar surface area (TPSA) is 109 Å². The molecule has 1 aliphatic carbocycles. The Labute approximate surface area is 278 Å². The number of imide groups is 1. The number of rotatable bonds is 10. The molecule has 252 valence electrons. The molecule has 5 rings (SSSR count). The highest BCUT2D eigenvalue weighted by atomic mass is 32.2. The first-order valence-corrected chi connectivity index (χ1v) is 17.9. The number of benzene rings is 1. The van der Waals surface area contributed by atoms with Crippen LogP contribution in [0.3, 0.4) is 0 Å². The first-order valence-electron chi connectivity index (χ1n) is 17.0. The first-order chi connectivity index (χ1) is 21.7. The highest BCUT2D eigenvalue weighted by Gasteiger charge is 2.32. The summed E-state index contributed by atoms with van der Waals surface area (Å²) in [4.78, 5) is 46.5. The van der Waals surface area contributed by atoms with Gasteiger partial charge in [0, 0.05) is 98.7 Å². The highest BCUT2D eigenvalue weighted by molar-refractivity contribution is 7.80. The highest BCUT2D eigenvalue weighted by Crippen LogP contribution is 2.37. The van der Waals surface area contributed by atoms with Crippen LogP contribution in [0.2, 0.25) is 0 Å². The molecule has 0 unspecified atom stereocenters. The second kappa shape index (κ2) is 14.1. The number of hydrogen-bond acceptors (Lipinski definition) is 6. The van der Waals surface area contributed by atoms with Crippen LogP contribution >= 0.6 is 0 Å². The number of carbonyl (C=O) groups is 3. The number of aromatic hydroxyl groups is 1. The zero-order chi connectivity index (χ0) is 33.2. The Kier molecular flexibility index (Phi) is 10.6. The average molecular weight is 653 g/mol. The van der Waals surface area contributed by atoms with E-state index >= 15 is 0 Å². The summed E-state index contributed by atoms with van der Waals surface area (Å²) >= 11 is 1.26. The third-order valence-corrected chi connectivity index (χ3v) is 10.7. The standard InChI is InChI=1S/C36H53N5O4S/c1-35(2,3)21-27-26-11-12-29(42)28(32(26)38-34(27)46-36(4,5)6)23-40-19-17-39(18-20-40)16-15-37-33(45)25-9-7-24(8-10-25)22-41-30(43)13-14-31(41)44/h11-14,24-25,38,42H,7-10,15-23H2,1-6H3,(H,37,45)/p+1. The molecule has 3 N–H and O–H groups in total. The summed E-state index contributed by atoms with van der Waals surface area (Å²) in [6.45, 7) is 19.9. The number of nitrogens with zero attached hydrogens (tertiary/aromatic N) is 3. The SMILES string of the molecule is CC(C)(C)Cc1c([SH+]C(C)(C)C)[nH]c2c(CN3CCN(CCNC(=O)C4CCC(CN5C(=O)C=CC5=O)CC4)CC3)c(O)ccc12. The predicted octanol–water partition coefficient (Wildman–Crippen LogP) is 4.40. The molecular weight excluding hydrogens is 598 g/mol. The molecule has 0 radical (unpaired) electrons. The Hall–Kier alpha value is -2.82. The van der Waals surface area contributed by atoms with Crippen molar-refractivity contribution in [2.75, 3.05) is 45.8 Å². The van der Waals surface area contributed by atoms with Crippen LogP contribution in [0.15, 0.2) is 29.3 Å². The molecule has 46 heavy (non-hydrogen) atoms. The van der Waals surface area contributed by atoms with Crippen molar-refractivity contribution in [3.8, 4) is 5.75 Å². The van der Waals surface area contributed by atoms with Crippen LogP contribution in [0.5, 0.6) is 5.75 Å². The van der Waals surface area contributed by atoms with Gasteiger partial charge in [-0.25, -0.2) is 0 Å². The summed E-state index contributed by atoms with van der Waals surface area (Å²) in [6, 6.07) is 3.95. The van der Waals surface area contributed by atoms with Gasteiger partial charge in [0.15, 0.2) is 0 Å². The van der Waals surface area contributed by atoms with Crippen LogP contribution in [0.4, 0.5) is 0 Å². The molecule has 1 saturated carbocycles. The number of amides is 3. The lowest BCUT2D eigenvalue weighted by molar-refractivity contribution is -0.138. The quantitative estimate of drug-likeness (QED) is 0.200. The van der Waals surface area contributed by atoms with E-state index in [1.165, 1.54) is 44.8 Å². The Balaban J connectivity index is 1.09. The molecule has 0 bridgehead atoms. The molecule has 2 fully saturated rings. The van der Waals surface area contributed by atoms with Crippen LogP contribution in [0.1, 0.15) is 78.4 Å². The lowest BCUT2D eigenvalue weighted by Gasteiger charge is -2.35. The lowest BCUT2D eigenvalue weighted by atomic mass is 9.81. The number of aromatic nitrogens is 1. The van der Waals surface area contributed by atoms with E-state index in [-0.39, 0.29) is 39.7 Å². The molecule has 9 nitrogen and oxygen atoms in total. The number of phenolic OH excluding ortho intramolecular Hbond substituents is 1. The van der Waals surface area contributed by atoms with Crippen LogP contribution in [-0.4, -0.2) is 93.1 Å². The zero-order valence-corrected chi connectivity index (χ0v) is 29.5. The van der Waals surface area contributed by atoms with Crippen LogP contribution in [0.25, 0.3) is 10.9 Å². The predicted molar refractivity (Wildman–Crippen MR) is 186 cm³/mol. The van der Waals surface area contributed by atoms with Gasteiger partial charge in [-0.2, -0.15) is 0 Å². The minimum atomic E-state index is -0.225. The van der Waals surface area contributed by atoms with Gasteiger partial charge >= 0.3 is 0 Å². The van der Waals surface area contributed by atoms with Crippen molar-refractivity contribution in [2.24, 2.45) is 17.3 Å². The van der Waals surface area contributed by atoms with E-state index in [4.69, 9.17) is 0 Å². The zero-order valence-electron chi connectivity index (χ0n) is 28.6. The normalized spacial score (nSPS) is 21.9. The van der Waals surface area contributed by atoms with Gasteiger partial charge in [0.05, 0.1) is 5.52 Å². The number of hydrogen-bond donors (Lipinski definition) is 3. The molecule has 3 heterocycles. The monoisotopic (exact) mass is 652 g/mol. The van der Waals surface area contributed by atoms with Gasteiger partial charge < -0.3 is 15.4 Å². The summed E-state index contributed by atoms with van der Waals surface area (Å²) in [5.74, 6) is 0.303. The Morgan fingerprint density at radius 1 is 0.935 bits per heavy atom. The molecule has 2 aliphatic heterocycles. The fourth-order valence-electron chi connectivity index (χ4n) is 7.01. The number of carbonyl (C=O) groups excluding carboxylic acids is 3. The summed E-state index contributed by atoms with van der Waals surface area (Å²) in [6.07, 6.45) is 6.97. The minimum Gasteiger partial charge on any atom is -0.508 e. The average Bonchev–Trinajstić information content (AvgIpc) is 3.47. The van der Waals surface area contributed by atoms with E-state index < -0.39 is 0 Å². The molecular formula is C36H54N5O4S+. The van der Waals surface area contributed by atoms with E-state index in [1.54, 1.807) is 0 Å². The van der Waals surface area contributed by atoms with Crippen molar-refractivity contribution < 1.29 is 19.5 Å². The smallest absolute Gasteiger partial charge is 0.253 e. The number of aromatic amines is 1. The molecule has 1 aromatic carbocycles. The van der Waals surface area contributed by atoms with E-state index in [0.29, 0.717) is 25.4 Å². The summed E-state index contributed by atoms with van der Waals surface area (Å²) in [5.41, 5.74) is 3.57. The number of nitrogens with one attached hydrogen (secondary N) is 2. The molecule has 10 heteroatoms. The number of phenols is 1. The van der Waals surface area contributed by atoms with Gasteiger partial charge in [-0.3, -0.25) is 29.1 Å². The molecule has 0 atom stereocenters. The Morgan fingerprint density at radius 3 is 2.17 bits per heavy atom. The minimum absolute atomic E-state index is 0.00637. The molecule has 0 spiro atoms. The van der Waals surface area contributed by atoms with Gasteiger partial charge in [-0.1, -0.05) is 20.8 Å². The van der Waals surface area contributed by atoms with Gasteiger partial charge in [-0.05, 0) is 76.3 Å². The van der Waals surface area contributed by atoms with E-state index in [9.17, 15) is 19.5 Å². The van der Waals surface area contributed by atoms with Gasteiger partial charge in [0.2, 0.25) is 10.9 Å². The summed E-state index contributed by atoms with van der Waals surface area (Å²) in [5, 5.41) is 16.6. The summed E-state index contributed by atoms with van der Waals surface area (Å²) in [7, 11) is 0.